The molecule has 0 fully saturated rings. The van der Waals surface area contributed by atoms with Crippen LogP contribution in [0.5, 0.6) is 0 Å². The zero-order valence-corrected chi connectivity index (χ0v) is 16.2. The molecular weight excluding hydrogens is 338 g/mol. The van der Waals surface area contributed by atoms with Gasteiger partial charge in [-0.25, -0.2) is 0 Å². The molecule has 0 saturated heterocycles. The van der Waals surface area contributed by atoms with Crippen LogP contribution in [-0.4, -0.2) is 36.3 Å². The number of amides is 2. The van der Waals surface area contributed by atoms with Crippen molar-refractivity contribution in [3.63, 3.8) is 0 Å². The molecule has 0 bridgehead atoms. The Kier molecular flexibility index (Phi) is 8.52. The van der Waals surface area contributed by atoms with Crippen LogP contribution >= 0.6 is 0 Å². The Bertz CT molecular complexity index is 727. The van der Waals surface area contributed by atoms with E-state index in [1.165, 1.54) is 5.56 Å². The molecule has 0 aliphatic carbocycles. The summed E-state index contributed by atoms with van der Waals surface area (Å²) in [5, 5.41) is 5.57. The first-order valence-electron chi connectivity index (χ1n) is 9.48. The minimum absolute atomic E-state index is 0.0100. The van der Waals surface area contributed by atoms with Crippen LogP contribution in [0, 0.1) is 0 Å². The second kappa shape index (κ2) is 11.1. The van der Waals surface area contributed by atoms with Crippen molar-refractivity contribution in [3.8, 4) is 0 Å². The summed E-state index contributed by atoms with van der Waals surface area (Å²) >= 11 is 0. The Balaban J connectivity index is 1.79. The molecular formula is C22H29N3O2. The molecule has 0 spiro atoms. The number of rotatable bonds is 10. The molecule has 0 atom stereocenters. The molecule has 0 unspecified atom stereocenters. The van der Waals surface area contributed by atoms with E-state index in [9.17, 15) is 9.59 Å². The van der Waals surface area contributed by atoms with Gasteiger partial charge in [0.05, 0.1) is 13.0 Å². The van der Waals surface area contributed by atoms with E-state index in [4.69, 9.17) is 0 Å². The molecule has 0 aliphatic rings. The first-order valence-corrected chi connectivity index (χ1v) is 9.48. The molecule has 144 valence electrons. The molecule has 27 heavy (non-hydrogen) atoms. The van der Waals surface area contributed by atoms with Gasteiger partial charge in [-0.05, 0) is 29.8 Å². The van der Waals surface area contributed by atoms with E-state index in [1.54, 1.807) is 0 Å². The summed E-state index contributed by atoms with van der Waals surface area (Å²) in [5.74, 6) is -0.340. The highest BCUT2D eigenvalue weighted by Gasteiger charge is 2.09. The van der Waals surface area contributed by atoms with Gasteiger partial charge in [-0.1, -0.05) is 68.4 Å². The molecule has 0 saturated carbocycles. The smallest absolute Gasteiger partial charge is 0.239 e. The lowest BCUT2D eigenvalue weighted by Gasteiger charge is -2.20. The Morgan fingerprint density at radius 3 is 2.11 bits per heavy atom. The third kappa shape index (κ3) is 7.23. The minimum Gasteiger partial charge on any atom is -0.350 e. The number of carbonyl (C=O) groups is 2. The van der Waals surface area contributed by atoms with Crippen LogP contribution in [-0.2, 0) is 29.1 Å². The van der Waals surface area contributed by atoms with Crippen molar-refractivity contribution in [2.24, 2.45) is 0 Å². The summed E-state index contributed by atoms with van der Waals surface area (Å²) in [4.78, 5) is 26.4. The van der Waals surface area contributed by atoms with Gasteiger partial charge in [0.2, 0.25) is 11.8 Å². The molecule has 0 aliphatic heterocycles. The largest absolute Gasteiger partial charge is 0.350 e. The standard InChI is InChI=1S/C22H29N3O2/c1-3-25(4-2)17-20-13-9-8-12-19(20)15-23-22(27)16-24-21(26)14-18-10-6-5-7-11-18/h5-13H,3-4,14-17H2,1-2H3,(H,23,27)(H,24,26). The van der Waals surface area contributed by atoms with Crippen molar-refractivity contribution in [2.75, 3.05) is 19.6 Å². The monoisotopic (exact) mass is 367 g/mol. The van der Waals surface area contributed by atoms with Crippen molar-refractivity contribution in [2.45, 2.75) is 33.4 Å². The zero-order chi connectivity index (χ0) is 19.5. The van der Waals surface area contributed by atoms with Crippen LogP contribution in [0.4, 0.5) is 0 Å². The lowest BCUT2D eigenvalue weighted by Crippen LogP contribution is -2.37. The normalized spacial score (nSPS) is 10.6. The average molecular weight is 367 g/mol. The Hall–Kier alpha value is -2.66. The third-order valence-electron chi connectivity index (χ3n) is 4.54. The van der Waals surface area contributed by atoms with E-state index in [1.807, 2.05) is 48.5 Å². The van der Waals surface area contributed by atoms with E-state index in [-0.39, 0.29) is 24.8 Å². The van der Waals surface area contributed by atoms with Crippen LogP contribution in [0.15, 0.2) is 54.6 Å². The molecule has 0 radical (unpaired) electrons. The van der Waals surface area contributed by atoms with Gasteiger partial charge in [0.1, 0.15) is 0 Å². The Morgan fingerprint density at radius 2 is 1.44 bits per heavy atom. The molecule has 5 nitrogen and oxygen atoms in total. The maximum atomic E-state index is 12.1. The van der Waals surface area contributed by atoms with E-state index < -0.39 is 0 Å². The van der Waals surface area contributed by atoms with Crippen LogP contribution in [0.3, 0.4) is 0 Å². The van der Waals surface area contributed by atoms with Gasteiger partial charge in [-0.15, -0.1) is 0 Å². The minimum atomic E-state index is -0.186. The van der Waals surface area contributed by atoms with Crippen molar-refractivity contribution in [3.05, 3.63) is 71.3 Å². The summed E-state index contributed by atoms with van der Waals surface area (Å²) in [5.41, 5.74) is 3.25. The van der Waals surface area contributed by atoms with Crippen LogP contribution in [0.2, 0.25) is 0 Å². The van der Waals surface area contributed by atoms with E-state index >= 15 is 0 Å². The van der Waals surface area contributed by atoms with Gasteiger partial charge in [0, 0.05) is 13.1 Å². The first kappa shape index (κ1) is 20.6. The molecule has 0 aromatic heterocycles. The van der Waals surface area contributed by atoms with Gasteiger partial charge in [0.25, 0.3) is 0 Å². The number of hydrogen-bond donors (Lipinski definition) is 2. The highest BCUT2D eigenvalue weighted by molar-refractivity contribution is 5.85. The molecule has 2 amide bonds. The fourth-order valence-electron chi connectivity index (χ4n) is 2.85. The van der Waals surface area contributed by atoms with Crippen LogP contribution in [0.1, 0.15) is 30.5 Å². The number of nitrogens with zero attached hydrogens (tertiary/aromatic N) is 1. The molecule has 5 heteroatoms. The Labute approximate surface area is 161 Å². The summed E-state index contributed by atoms with van der Waals surface area (Å²) < 4.78 is 0. The second-order valence-corrected chi connectivity index (χ2v) is 6.45. The van der Waals surface area contributed by atoms with Crippen molar-refractivity contribution in [1.29, 1.82) is 0 Å². The van der Waals surface area contributed by atoms with Gasteiger partial charge < -0.3 is 10.6 Å². The summed E-state index contributed by atoms with van der Waals surface area (Å²) in [6.07, 6.45) is 0.279. The van der Waals surface area contributed by atoms with E-state index in [2.05, 4.69) is 35.4 Å². The lowest BCUT2D eigenvalue weighted by atomic mass is 10.1. The lowest BCUT2D eigenvalue weighted by molar-refractivity contribution is -0.125. The maximum Gasteiger partial charge on any atom is 0.239 e. The van der Waals surface area contributed by atoms with E-state index in [0.717, 1.165) is 30.8 Å². The van der Waals surface area contributed by atoms with Gasteiger partial charge in [0.15, 0.2) is 0 Å². The number of nitrogens with one attached hydrogen (secondary N) is 2. The molecule has 2 aromatic rings. The Morgan fingerprint density at radius 1 is 0.815 bits per heavy atom. The molecule has 2 aromatic carbocycles. The molecule has 0 heterocycles. The van der Waals surface area contributed by atoms with Crippen molar-refractivity contribution < 1.29 is 9.59 Å². The molecule has 2 N–H and O–H groups in total. The highest BCUT2D eigenvalue weighted by Crippen LogP contribution is 2.11. The average Bonchev–Trinajstić information content (AvgIpc) is 2.70. The molecule has 2 rings (SSSR count). The number of benzene rings is 2. The summed E-state index contributed by atoms with van der Waals surface area (Å²) in [6.45, 7) is 7.59. The SMILES string of the molecule is CCN(CC)Cc1ccccc1CNC(=O)CNC(=O)Cc1ccccc1. The van der Waals surface area contributed by atoms with Crippen LogP contribution in [0.25, 0.3) is 0 Å². The third-order valence-corrected chi connectivity index (χ3v) is 4.54. The summed E-state index contributed by atoms with van der Waals surface area (Å²) in [6, 6.07) is 17.6. The number of carbonyl (C=O) groups excluding carboxylic acids is 2. The second-order valence-electron chi connectivity index (χ2n) is 6.45. The van der Waals surface area contributed by atoms with Crippen molar-refractivity contribution in [1.82, 2.24) is 15.5 Å². The zero-order valence-electron chi connectivity index (χ0n) is 16.2. The topological polar surface area (TPSA) is 61.4 Å². The fourth-order valence-corrected chi connectivity index (χ4v) is 2.85. The summed E-state index contributed by atoms with van der Waals surface area (Å²) in [7, 11) is 0. The quantitative estimate of drug-likeness (QED) is 0.678. The predicted octanol–water partition coefficient (Wildman–Crippen LogP) is 2.50. The fraction of sp³-hybridized carbons (Fsp3) is 0.364. The van der Waals surface area contributed by atoms with Crippen molar-refractivity contribution >= 4 is 11.8 Å². The first-order chi connectivity index (χ1) is 13.1. The maximum absolute atomic E-state index is 12.1. The van der Waals surface area contributed by atoms with Gasteiger partial charge >= 0.3 is 0 Å². The van der Waals surface area contributed by atoms with E-state index in [0.29, 0.717) is 6.54 Å². The predicted molar refractivity (Wildman–Crippen MR) is 108 cm³/mol. The number of hydrogen-bond acceptors (Lipinski definition) is 3. The van der Waals surface area contributed by atoms with Gasteiger partial charge in [-0.3, -0.25) is 14.5 Å². The highest BCUT2D eigenvalue weighted by atomic mass is 16.2. The van der Waals surface area contributed by atoms with Crippen LogP contribution < -0.4 is 10.6 Å². The van der Waals surface area contributed by atoms with Gasteiger partial charge in [-0.2, -0.15) is 0 Å².